The number of halogens is 1. The standard InChI is InChI=1S/C30H35FN4O3/c1-21-20-24(13-14-25(21)31)26-22(2)27(33-16-18-34(19-17-33)29(37)38-30(3,4)5)28(36)35(32-26)15-9-12-23-10-7-6-8-11-23/h6-14,20H,15-19H2,1-5H3. The summed E-state index contributed by atoms with van der Waals surface area (Å²) in [4.78, 5) is 29.9. The molecule has 1 aliphatic heterocycles. The number of ether oxygens (including phenoxy) is 1. The Morgan fingerprint density at radius 2 is 1.74 bits per heavy atom. The van der Waals surface area contributed by atoms with E-state index in [1.807, 2.05) is 75.1 Å². The Morgan fingerprint density at radius 1 is 1.05 bits per heavy atom. The van der Waals surface area contributed by atoms with Crippen LogP contribution in [0.2, 0.25) is 0 Å². The molecule has 0 atom stereocenters. The summed E-state index contributed by atoms with van der Waals surface area (Å²) < 4.78 is 21.0. The first-order valence-corrected chi connectivity index (χ1v) is 12.9. The number of aromatic nitrogens is 2. The van der Waals surface area contributed by atoms with E-state index in [0.29, 0.717) is 43.1 Å². The van der Waals surface area contributed by atoms with E-state index in [1.54, 1.807) is 24.0 Å². The normalized spacial score (nSPS) is 14.3. The molecule has 0 unspecified atom stereocenters. The van der Waals surface area contributed by atoms with Crippen molar-refractivity contribution in [2.24, 2.45) is 0 Å². The average molecular weight is 519 g/mol. The van der Waals surface area contributed by atoms with Crippen LogP contribution < -0.4 is 10.5 Å². The molecule has 1 aromatic heterocycles. The fraction of sp³-hybridized carbons (Fsp3) is 0.367. The van der Waals surface area contributed by atoms with Crippen molar-refractivity contribution in [3.63, 3.8) is 0 Å². The summed E-state index contributed by atoms with van der Waals surface area (Å²) in [6.45, 7) is 11.3. The number of rotatable bonds is 5. The summed E-state index contributed by atoms with van der Waals surface area (Å²) in [5.74, 6) is -0.288. The maximum Gasteiger partial charge on any atom is 0.410 e. The molecule has 2 aromatic carbocycles. The van der Waals surface area contributed by atoms with Crippen molar-refractivity contribution in [3.8, 4) is 11.3 Å². The largest absolute Gasteiger partial charge is 0.444 e. The van der Waals surface area contributed by atoms with Crippen molar-refractivity contribution in [2.75, 3.05) is 31.1 Å². The van der Waals surface area contributed by atoms with Gasteiger partial charge in [0.15, 0.2) is 0 Å². The Kier molecular flexibility index (Phi) is 7.99. The van der Waals surface area contributed by atoms with Gasteiger partial charge >= 0.3 is 6.09 Å². The predicted molar refractivity (Wildman–Crippen MR) is 149 cm³/mol. The van der Waals surface area contributed by atoms with Gasteiger partial charge in [0.05, 0.1) is 12.2 Å². The van der Waals surface area contributed by atoms with Gasteiger partial charge in [0.1, 0.15) is 17.1 Å². The topological polar surface area (TPSA) is 67.7 Å². The quantitative estimate of drug-likeness (QED) is 0.450. The molecule has 4 rings (SSSR count). The highest BCUT2D eigenvalue weighted by Crippen LogP contribution is 2.28. The van der Waals surface area contributed by atoms with Gasteiger partial charge in [-0.2, -0.15) is 5.10 Å². The molecular formula is C30H35FN4O3. The maximum atomic E-state index is 14.0. The van der Waals surface area contributed by atoms with Crippen LogP contribution in [0.15, 0.2) is 59.4 Å². The molecule has 0 radical (unpaired) electrons. The maximum absolute atomic E-state index is 14.0. The molecular weight excluding hydrogens is 483 g/mol. The second-order valence-electron chi connectivity index (χ2n) is 10.5. The van der Waals surface area contributed by atoms with Gasteiger partial charge in [-0.05, 0) is 63.9 Å². The van der Waals surface area contributed by atoms with Crippen LogP contribution in [-0.4, -0.2) is 52.6 Å². The lowest BCUT2D eigenvalue weighted by molar-refractivity contribution is 0.0240. The summed E-state index contributed by atoms with van der Waals surface area (Å²) in [7, 11) is 0. The van der Waals surface area contributed by atoms with Crippen molar-refractivity contribution >= 4 is 17.9 Å². The van der Waals surface area contributed by atoms with Gasteiger partial charge in [0, 0.05) is 37.3 Å². The minimum Gasteiger partial charge on any atom is -0.444 e. The van der Waals surface area contributed by atoms with Gasteiger partial charge in [-0.3, -0.25) is 4.79 Å². The first kappa shape index (κ1) is 27.1. The highest BCUT2D eigenvalue weighted by Gasteiger charge is 2.29. The van der Waals surface area contributed by atoms with E-state index in [9.17, 15) is 14.0 Å². The first-order valence-electron chi connectivity index (χ1n) is 12.9. The monoisotopic (exact) mass is 518 g/mol. The van der Waals surface area contributed by atoms with Crippen molar-refractivity contribution in [2.45, 2.75) is 46.8 Å². The molecule has 0 saturated carbocycles. The van der Waals surface area contributed by atoms with Crippen LogP contribution in [0.4, 0.5) is 14.9 Å². The molecule has 38 heavy (non-hydrogen) atoms. The summed E-state index contributed by atoms with van der Waals surface area (Å²) in [5, 5.41) is 4.70. The number of benzene rings is 2. The molecule has 0 aliphatic carbocycles. The van der Waals surface area contributed by atoms with Gasteiger partial charge in [-0.25, -0.2) is 13.9 Å². The SMILES string of the molecule is Cc1cc(-c2nn(CC=Cc3ccccc3)c(=O)c(N3CCN(C(=O)OC(C)(C)C)CC3)c2C)ccc1F. The Balaban J connectivity index is 1.67. The molecule has 0 bridgehead atoms. The van der Waals surface area contributed by atoms with Gasteiger partial charge in [-0.15, -0.1) is 0 Å². The molecule has 1 aliphatic rings. The minimum absolute atomic E-state index is 0.200. The van der Waals surface area contributed by atoms with Crippen LogP contribution in [0.25, 0.3) is 17.3 Å². The first-order chi connectivity index (χ1) is 18.0. The number of carbonyl (C=O) groups is 1. The Bertz CT molecular complexity index is 1390. The van der Waals surface area contributed by atoms with E-state index in [2.05, 4.69) is 0 Å². The fourth-order valence-electron chi connectivity index (χ4n) is 4.49. The zero-order valence-electron chi connectivity index (χ0n) is 22.7. The zero-order chi connectivity index (χ0) is 27.4. The lowest BCUT2D eigenvalue weighted by atomic mass is 10.0. The number of hydrogen-bond donors (Lipinski definition) is 0. The van der Waals surface area contributed by atoms with E-state index < -0.39 is 5.60 Å². The number of amides is 1. The van der Waals surface area contributed by atoms with Crippen LogP contribution in [0.3, 0.4) is 0 Å². The fourth-order valence-corrected chi connectivity index (χ4v) is 4.49. The Hall–Kier alpha value is -3.94. The van der Waals surface area contributed by atoms with Crippen LogP contribution in [0, 0.1) is 19.7 Å². The smallest absolute Gasteiger partial charge is 0.410 e. The predicted octanol–water partition coefficient (Wildman–Crippen LogP) is 5.44. The average Bonchev–Trinajstić information content (AvgIpc) is 2.87. The zero-order valence-corrected chi connectivity index (χ0v) is 22.7. The molecule has 1 fully saturated rings. The van der Waals surface area contributed by atoms with Crippen LogP contribution in [0.5, 0.6) is 0 Å². The third-order valence-corrected chi connectivity index (χ3v) is 6.44. The Morgan fingerprint density at radius 3 is 2.37 bits per heavy atom. The molecule has 2 heterocycles. The summed E-state index contributed by atoms with van der Waals surface area (Å²) in [5.41, 5.74) is 3.43. The van der Waals surface area contributed by atoms with E-state index >= 15 is 0 Å². The summed E-state index contributed by atoms with van der Waals surface area (Å²) in [6, 6.07) is 14.7. The van der Waals surface area contributed by atoms with Gasteiger partial charge in [0.2, 0.25) is 0 Å². The van der Waals surface area contributed by atoms with E-state index in [0.717, 1.165) is 16.7 Å². The van der Waals surface area contributed by atoms with Crippen molar-refractivity contribution in [3.05, 3.63) is 87.5 Å². The van der Waals surface area contributed by atoms with Gasteiger partial charge in [-0.1, -0.05) is 42.5 Å². The number of anilines is 1. The second kappa shape index (κ2) is 11.2. The molecule has 200 valence electrons. The molecule has 0 spiro atoms. The van der Waals surface area contributed by atoms with E-state index in [-0.39, 0.29) is 24.0 Å². The van der Waals surface area contributed by atoms with Crippen LogP contribution in [0.1, 0.15) is 37.5 Å². The van der Waals surface area contributed by atoms with Crippen molar-refractivity contribution in [1.82, 2.24) is 14.7 Å². The van der Waals surface area contributed by atoms with Crippen LogP contribution in [-0.2, 0) is 11.3 Å². The van der Waals surface area contributed by atoms with Gasteiger partial charge < -0.3 is 14.5 Å². The second-order valence-corrected chi connectivity index (χ2v) is 10.5. The number of aryl methyl sites for hydroxylation is 1. The minimum atomic E-state index is -0.570. The number of allylic oxidation sites excluding steroid dienone is 1. The Labute approximate surface area is 223 Å². The molecule has 8 heteroatoms. The molecule has 3 aromatic rings. The molecule has 0 N–H and O–H groups in total. The highest BCUT2D eigenvalue weighted by atomic mass is 19.1. The van der Waals surface area contributed by atoms with Crippen LogP contribution >= 0.6 is 0 Å². The van der Waals surface area contributed by atoms with E-state index in [1.165, 1.54) is 10.7 Å². The molecule has 1 saturated heterocycles. The lowest BCUT2D eigenvalue weighted by Crippen LogP contribution is -2.51. The third kappa shape index (κ3) is 6.30. The number of hydrogen-bond acceptors (Lipinski definition) is 5. The number of carbonyl (C=O) groups excluding carboxylic acids is 1. The molecule has 7 nitrogen and oxygen atoms in total. The molecule has 1 amide bonds. The third-order valence-electron chi connectivity index (χ3n) is 6.44. The lowest BCUT2D eigenvalue weighted by Gasteiger charge is -2.37. The van der Waals surface area contributed by atoms with Crippen molar-refractivity contribution in [1.29, 1.82) is 0 Å². The van der Waals surface area contributed by atoms with Crippen molar-refractivity contribution < 1.29 is 13.9 Å². The highest BCUT2D eigenvalue weighted by molar-refractivity contribution is 5.71. The van der Waals surface area contributed by atoms with Gasteiger partial charge in [0.25, 0.3) is 5.56 Å². The summed E-state index contributed by atoms with van der Waals surface area (Å²) in [6.07, 6.45) is 3.51. The van der Waals surface area contributed by atoms with E-state index in [4.69, 9.17) is 9.84 Å². The number of piperazine rings is 1. The number of nitrogens with zero attached hydrogens (tertiary/aromatic N) is 4. The summed E-state index contributed by atoms with van der Waals surface area (Å²) >= 11 is 0.